The Bertz CT molecular complexity index is 759. The maximum absolute atomic E-state index is 12.5. The van der Waals surface area contributed by atoms with Crippen molar-refractivity contribution in [1.29, 1.82) is 0 Å². The van der Waals surface area contributed by atoms with Crippen molar-refractivity contribution >= 4 is 22.7 Å². The third-order valence-corrected chi connectivity index (χ3v) is 4.98. The molecule has 2 aromatic rings. The van der Waals surface area contributed by atoms with Gasteiger partial charge in [-0.15, -0.1) is 0 Å². The van der Waals surface area contributed by atoms with E-state index in [4.69, 9.17) is 0 Å². The highest BCUT2D eigenvalue weighted by Gasteiger charge is 2.31. The van der Waals surface area contributed by atoms with E-state index >= 15 is 0 Å². The fourth-order valence-corrected chi connectivity index (χ4v) is 3.75. The molecule has 5 nitrogen and oxygen atoms in total. The summed E-state index contributed by atoms with van der Waals surface area (Å²) in [6.45, 7) is 0.493. The number of carbonyl (C=O) groups excluding carboxylic acids is 2. The van der Waals surface area contributed by atoms with Crippen molar-refractivity contribution < 1.29 is 9.59 Å². The number of para-hydroxylation sites is 1. The Labute approximate surface area is 135 Å². The molecule has 2 heterocycles. The summed E-state index contributed by atoms with van der Waals surface area (Å²) in [6.07, 6.45) is 5.70. The fourth-order valence-electron chi connectivity index (χ4n) is 3.75. The second kappa shape index (κ2) is 5.72. The molecule has 4 rings (SSSR count). The summed E-state index contributed by atoms with van der Waals surface area (Å²) in [6, 6.07) is 9.56. The Hall–Kier alpha value is -2.30. The van der Waals surface area contributed by atoms with Gasteiger partial charge in [-0.25, -0.2) is 0 Å². The molecule has 120 valence electrons. The van der Waals surface area contributed by atoms with Crippen molar-refractivity contribution in [3.8, 4) is 0 Å². The maximum atomic E-state index is 12.5. The van der Waals surface area contributed by atoms with E-state index in [9.17, 15) is 9.59 Å². The molecule has 1 aromatic heterocycles. The Kier molecular flexibility index (Phi) is 3.56. The largest absolute Gasteiger partial charge is 0.352 e. The summed E-state index contributed by atoms with van der Waals surface area (Å²) in [7, 11) is 0. The van der Waals surface area contributed by atoms with Crippen LogP contribution in [0.25, 0.3) is 10.9 Å². The van der Waals surface area contributed by atoms with Crippen LogP contribution in [0.15, 0.2) is 30.3 Å². The lowest BCUT2D eigenvalue weighted by atomic mass is 9.95. The summed E-state index contributed by atoms with van der Waals surface area (Å²) in [5, 5.41) is 7.00. The SMILES string of the molecule is O=C1N[C@H](C(=O)NC2CCCCC2)Cn2c1cc1ccccc12. The molecule has 0 saturated heterocycles. The molecule has 1 aliphatic heterocycles. The number of benzene rings is 1. The van der Waals surface area contributed by atoms with Crippen molar-refractivity contribution in [2.75, 3.05) is 0 Å². The van der Waals surface area contributed by atoms with E-state index in [0.29, 0.717) is 12.2 Å². The molecule has 0 spiro atoms. The fraction of sp³-hybridized carbons (Fsp3) is 0.444. The highest BCUT2D eigenvalue weighted by Crippen LogP contribution is 2.23. The lowest BCUT2D eigenvalue weighted by Gasteiger charge is -2.29. The predicted octanol–water partition coefficient (Wildman–Crippen LogP) is 2.20. The minimum absolute atomic E-state index is 0.0614. The number of nitrogens with zero attached hydrogens (tertiary/aromatic N) is 1. The molecule has 2 aliphatic rings. The van der Waals surface area contributed by atoms with Crippen LogP contribution in [-0.2, 0) is 11.3 Å². The number of hydrogen-bond donors (Lipinski definition) is 2. The van der Waals surface area contributed by atoms with Crippen LogP contribution in [0.5, 0.6) is 0 Å². The van der Waals surface area contributed by atoms with Crippen LogP contribution in [0.2, 0.25) is 0 Å². The zero-order valence-corrected chi connectivity index (χ0v) is 13.0. The summed E-state index contributed by atoms with van der Waals surface area (Å²) >= 11 is 0. The van der Waals surface area contributed by atoms with Gasteiger partial charge in [0.2, 0.25) is 5.91 Å². The molecule has 2 amide bonds. The summed E-state index contributed by atoms with van der Waals surface area (Å²) < 4.78 is 1.96. The minimum Gasteiger partial charge on any atom is -0.352 e. The first-order valence-corrected chi connectivity index (χ1v) is 8.42. The van der Waals surface area contributed by atoms with Crippen molar-refractivity contribution in [3.05, 3.63) is 36.0 Å². The van der Waals surface area contributed by atoms with Gasteiger partial charge < -0.3 is 15.2 Å². The molecule has 1 atom stereocenters. The van der Waals surface area contributed by atoms with Gasteiger partial charge in [-0.1, -0.05) is 37.5 Å². The first-order valence-electron chi connectivity index (χ1n) is 8.42. The standard InChI is InChI=1S/C18H21N3O2/c22-17(19-13-7-2-1-3-8-13)14-11-21-15-9-5-4-6-12(15)10-16(21)18(23)20-14/h4-6,9-10,13-14H,1-3,7-8,11H2,(H,19,22)(H,20,23)/t14-/m0/s1. The molecule has 1 fully saturated rings. The van der Waals surface area contributed by atoms with Crippen molar-refractivity contribution in [1.82, 2.24) is 15.2 Å². The van der Waals surface area contributed by atoms with E-state index in [0.717, 1.165) is 23.7 Å². The summed E-state index contributed by atoms with van der Waals surface area (Å²) in [4.78, 5) is 24.9. The topological polar surface area (TPSA) is 63.1 Å². The number of nitrogens with one attached hydrogen (secondary N) is 2. The Morgan fingerprint density at radius 1 is 1.17 bits per heavy atom. The lowest BCUT2D eigenvalue weighted by molar-refractivity contribution is -0.124. The van der Waals surface area contributed by atoms with E-state index in [-0.39, 0.29) is 17.9 Å². The van der Waals surface area contributed by atoms with E-state index in [1.165, 1.54) is 19.3 Å². The molecule has 0 bridgehead atoms. The molecule has 23 heavy (non-hydrogen) atoms. The number of fused-ring (bicyclic) bond motifs is 3. The monoisotopic (exact) mass is 311 g/mol. The molecule has 2 N–H and O–H groups in total. The van der Waals surface area contributed by atoms with Gasteiger partial charge in [-0.2, -0.15) is 0 Å². The van der Waals surface area contributed by atoms with Gasteiger partial charge in [-0.05, 0) is 25.0 Å². The van der Waals surface area contributed by atoms with Crippen molar-refractivity contribution in [2.24, 2.45) is 0 Å². The Balaban J connectivity index is 1.56. The van der Waals surface area contributed by atoms with Crippen LogP contribution in [0.3, 0.4) is 0 Å². The number of rotatable bonds is 2. The number of amides is 2. The lowest BCUT2D eigenvalue weighted by Crippen LogP contribution is -2.54. The molecular formula is C18H21N3O2. The third kappa shape index (κ3) is 2.60. The zero-order valence-electron chi connectivity index (χ0n) is 13.0. The molecular weight excluding hydrogens is 290 g/mol. The van der Waals surface area contributed by atoms with Crippen LogP contribution < -0.4 is 10.6 Å². The molecule has 1 aromatic carbocycles. The van der Waals surface area contributed by atoms with Crippen LogP contribution >= 0.6 is 0 Å². The smallest absolute Gasteiger partial charge is 0.268 e. The number of hydrogen-bond acceptors (Lipinski definition) is 2. The second-order valence-electron chi connectivity index (χ2n) is 6.57. The maximum Gasteiger partial charge on any atom is 0.268 e. The zero-order chi connectivity index (χ0) is 15.8. The van der Waals surface area contributed by atoms with Gasteiger partial charge in [-0.3, -0.25) is 9.59 Å². The van der Waals surface area contributed by atoms with Gasteiger partial charge in [0.25, 0.3) is 5.91 Å². The molecule has 5 heteroatoms. The van der Waals surface area contributed by atoms with E-state index in [1.54, 1.807) is 0 Å². The quantitative estimate of drug-likeness (QED) is 0.893. The predicted molar refractivity (Wildman–Crippen MR) is 88.2 cm³/mol. The number of aromatic nitrogens is 1. The van der Waals surface area contributed by atoms with Crippen LogP contribution in [-0.4, -0.2) is 28.5 Å². The first-order chi connectivity index (χ1) is 11.2. The van der Waals surface area contributed by atoms with E-state index in [1.807, 2.05) is 34.9 Å². The van der Waals surface area contributed by atoms with Gasteiger partial charge in [0, 0.05) is 16.9 Å². The summed E-state index contributed by atoms with van der Waals surface area (Å²) in [5.41, 5.74) is 1.64. The molecule has 1 aliphatic carbocycles. The van der Waals surface area contributed by atoms with Crippen LogP contribution in [0.1, 0.15) is 42.6 Å². The highest BCUT2D eigenvalue weighted by atomic mass is 16.2. The first kappa shape index (κ1) is 14.3. The van der Waals surface area contributed by atoms with Crippen molar-refractivity contribution in [2.45, 2.75) is 50.7 Å². The van der Waals surface area contributed by atoms with Gasteiger partial charge >= 0.3 is 0 Å². The average molecular weight is 311 g/mol. The molecule has 0 radical (unpaired) electrons. The van der Waals surface area contributed by atoms with Crippen LogP contribution in [0, 0.1) is 0 Å². The average Bonchev–Trinajstić information content (AvgIpc) is 2.95. The Morgan fingerprint density at radius 2 is 1.96 bits per heavy atom. The van der Waals surface area contributed by atoms with Gasteiger partial charge in [0.1, 0.15) is 11.7 Å². The molecule has 1 saturated carbocycles. The highest BCUT2D eigenvalue weighted by molar-refractivity contribution is 6.02. The molecule has 0 unspecified atom stereocenters. The third-order valence-electron chi connectivity index (χ3n) is 4.98. The van der Waals surface area contributed by atoms with Gasteiger partial charge in [0.15, 0.2) is 0 Å². The van der Waals surface area contributed by atoms with E-state index in [2.05, 4.69) is 10.6 Å². The van der Waals surface area contributed by atoms with Gasteiger partial charge in [0.05, 0.1) is 6.54 Å². The summed E-state index contributed by atoms with van der Waals surface area (Å²) in [5.74, 6) is -0.232. The normalized spacial score (nSPS) is 21.7. The second-order valence-corrected chi connectivity index (χ2v) is 6.57. The van der Waals surface area contributed by atoms with Crippen LogP contribution in [0.4, 0.5) is 0 Å². The number of carbonyl (C=O) groups is 2. The van der Waals surface area contributed by atoms with Crippen molar-refractivity contribution in [3.63, 3.8) is 0 Å². The minimum atomic E-state index is -0.493. The Morgan fingerprint density at radius 3 is 2.78 bits per heavy atom. The van der Waals surface area contributed by atoms with E-state index < -0.39 is 6.04 Å².